The van der Waals surface area contributed by atoms with Gasteiger partial charge in [0.2, 0.25) is 5.91 Å². The second kappa shape index (κ2) is 6.19. The number of piperidine rings is 1. The van der Waals surface area contributed by atoms with Gasteiger partial charge in [0.1, 0.15) is 0 Å². The number of hydrogen-bond acceptors (Lipinski definition) is 1. The lowest BCUT2D eigenvalue weighted by molar-refractivity contribution is -0.126. The lowest BCUT2D eigenvalue weighted by Crippen LogP contribution is -2.34. The van der Waals surface area contributed by atoms with E-state index in [-0.39, 0.29) is 5.91 Å². The number of likely N-dealkylation sites (tertiary alicyclic amines) is 1. The Morgan fingerprint density at radius 3 is 2.67 bits per heavy atom. The van der Waals surface area contributed by atoms with Crippen LogP contribution in [-0.2, 0) is 4.79 Å². The molecular weight excluding hydrogens is 290 g/mol. The molecule has 0 saturated carbocycles. The summed E-state index contributed by atoms with van der Waals surface area (Å²) in [6.45, 7) is 3.85. The van der Waals surface area contributed by atoms with Crippen LogP contribution < -0.4 is 0 Å². The number of benzene rings is 1. The molecule has 0 aromatic heterocycles. The van der Waals surface area contributed by atoms with Gasteiger partial charge in [-0.1, -0.05) is 28.1 Å². The fraction of sp³-hybridized carbons (Fsp3) is 0.400. The molecule has 2 rings (SSSR count). The topological polar surface area (TPSA) is 20.3 Å². The van der Waals surface area contributed by atoms with Crippen LogP contribution in [0.25, 0.3) is 6.08 Å². The van der Waals surface area contributed by atoms with Crippen LogP contribution in [0.1, 0.15) is 30.4 Å². The third kappa shape index (κ3) is 3.45. The Kier molecular flexibility index (Phi) is 4.59. The van der Waals surface area contributed by atoms with Crippen molar-refractivity contribution in [3.63, 3.8) is 0 Å². The van der Waals surface area contributed by atoms with Gasteiger partial charge >= 0.3 is 0 Å². The van der Waals surface area contributed by atoms with E-state index in [4.69, 9.17) is 0 Å². The minimum Gasteiger partial charge on any atom is -0.339 e. The first-order valence-electron chi connectivity index (χ1n) is 6.40. The molecule has 1 aliphatic rings. The van der Waals surface area contributed by atoms with Crippen molar-refractivity contribution in [2.24, 2.45) is 0 Å². The smallest absolute Gasteiger partial charge is 0.246 e. The first-order valence-corrected chi connectivity index (χ1v) is 7.19. The summed E-state index contributed by atoms with van der Waals surface area (Å²) < 4.78 is 1.03. The van der Waals surface area contributed by atoms with Crippen LogP contribution in [0.4, 0.5) is 0 Å². The number of carbonyl (C=O) groups excluding carboxylic acids is 1. The average molecular weight is 308 g/mol. The number of aryl methyl sites for hydroxylation is 1. The van der Waals surface area contributed by atoms with E-state index < -0.39 is 0 Å². The average Bonchev–Trinajstić information content (AvgIpc) is 2.38. The molecule has 18 heavy (non-hydrogen) atoms. The molecule has 1 heterocycles. The van der Waals surface area contributed by atoms with Gasteiger partial charge in [0, 0.05) is 23.6 Å². The molecule has 0 spiro atoms. The van der Waals surface area contributed by atoms with Crippen molar-refractivity contribution in [3.8, 4) is 0 Å². The molecule has 1 aromatic rings. The molecule has 96 valence electrons. The zero-order valence-corrected chi connectivity index (χ0v) is 12.2. The molecule has 0 N–H and O–H groups in total. The van der Waals surface area contributed by atoms with E-state index >= 15 is 0 Å². The number of nitrogens with zero attached hydrogens (tertiary/aromatic N) is 1. The maximum absolute atomic E-state index is 12.0. The molecule has 1 aliphatic heterocycles. The van der Waals surface area contributed by atoms with Gasteiger partial charge in [0.05, 0.1) is 0 Å². The monoisotopic (exact) mass is 307 g/mol. The Balaban J connectivity index is 2.03. The summed E-state index contributed by atoms with van der Waals surface area (Å²) in [5, 5.41) is 0. The minimum absolute atomic E-state index is 0.127. The summed E-state index contributed by atoms with van der Waals surface area (Å²) in [6.07, 6.45) is 7.08. The Morgan fingerprint density at radius 2 is 2.00 bits per heavy atom. The summed E-state index contributed by atoms with van der Waals surface area (Å²) in [5.41, 5.74) is 2.26. The first kappa shape index (κ1) is 13.3. The molecule has 1 aromatic carbocycles. The molecule has 1 saturated heterocycles. The highest BCUT2D eigenvalue weighted by atomic mass is 79.9. The highest BCUT2D eigenvalue weighted by molar-refractivity contribution is 9.10. The zero-order valence-electron chi connectivity index (χ0n) is 10.7. The van der Waals surface area contributed by atoms with E-state index in [1.807, 2.05) is 17.0 Å². The van der Waals surface area contributed by atoms with Gasteiger partial charge in [-0.25, -0.2) is 0 Å². The molecule has 0 radical (unpaired) electrons. The summed E-state index contributed by atoms with van der Waals surface area (Å²) in [7, 11) is 0. The number of halogens is 1. The van der Waals surface area contributed by atoms with Crippen LogP contribution in [0, 0.1) is 6.92 Å². The normalized spacial score (nSPS) is 16.2. The number of amides is 1. The predicted octanol–water partition coefficient (Wildman–Crippen LogP) is 3.78. The lowest BCUT2D eigenvalue weighted by Gasteiger charge is -2.25. The first-order chi connectivity index (χ1) is 8.66. The van der Waals surface area contributed by atoms with Crippen molar-refractivity contribution in [3.05, 3.63) is 39.9 Å². The van der Waals surface area contributed by atoms with Gasteiger partial charge < -0.3 is 4.90 Å². The van der Waals surface area contributed by atoms with Gasteiger partial charge in [0.15, 0.2) is 0 Å². The summed E-state index contributed by atoms with van der Waals surface area (Å²) in [6, 6.07) is 6.14. The van der Waals surface area contributed by atoms with E-state index in [1.165, 1.54) is 12.0 Å². The van der Waals surface area contributed by atoms with E-state index in [2.05, 4.69) is 35.0 Å². The van der Waals surface area contributed by atoms with Crippen LogP contribution in [0.3, 0.4) is 0 Å². The molecule has 1 fully saturated rings. The fourth-order valence-electron chi connectivity index (χ4n) is 2.15. The number of rotatable bonds is 2. The molecule has 1 amide bonds. The zero-order chi connectivity index (χ0) is 13.0. The largest absolute Gasteiger partial charge is 0.339 e. The van der Waals surface area contributed by atoms with Crippen LogP contribution in [-0.4, -0.2) is 23.9 Å². The van der Waals surface area contributed by atoms with Crippen LogP contribution in [0.5, 0.6) is 0 Å². The molecule has 0 unspecified atom stereocenters. The lowest BCUT2D eigenvalue weighted by atomic mass is 10.1. The second-order valence-corrected chi connectivity index (χ2v) is 5.60. The van der Waals surface area contributed by atoms with E-state index in [1.54, 1.807) is 6.08 Å². The van der Waals surface area contributed by atoms with Crippen molar-refractivity contribution in [2.45, 2.75) is 26.2 Å². The van der Waals surface area contributed by atoms with Gasteiger partial charge in [-0.05, 0) is 49.5 Å². The standard InChI is InChI=1S/C15H18BrNO/c1-12-5-6-13(14(16)11-12)7-8-15(18)17-9-3-2-4-10-17/h5-8,11H,2-4,9-10H2,1H3/b8-7+. The Hall–Kier alpha value is -1.09. The Morgan fingerprint density at radius 1 is 1.28 bits per heavy atom. The molecule has 2 nitrogen and oxygen atoms in total. The summed E-state index contributed by atoms with van der Waals surface area (Å²) in [4.78, 5) is 13.9. The summed E-state index contributed by atoms with van der Waals surface area (Å²) >= 11 is 3.52. The second-order valence-electron chi connectivity index (χ2n) is 4.74. The fourth-order valence-corrected chi connectivity index (χ4v) is 2.77. The highest BCUT2D eigenvalue weighted by Gasteiger charge is 2.13. The highest BCUT2D eigenvalue weighted by Crippen LogP contribution is 2.20. The van der Waals surface area contributed by atoms with Gasteiger partial charge in [-0.15, -0.1) is 0 Å². The van der Waals surface area contributed by atoms with Gasteiger partial charge in [-0.3, -0.25) is 4.79 Å². The van der Waals surface area contributed by atoms with Crippen molar-refractivity contribution in [1.82, 2.24) is 4.90 Å². The number of hydrogen-bond donors (Lipinski definition) is 0. The van der Waals surface area contributed by atoms with Crippen LogP contribution >= 0.6 is 15.9 Å². The van der Waals surface area contributed by atoms with E-state index in [9.17, 15) is 4.79 Å². The predicted molar refractivity (Wildman–Crippen MR) is 78.3 cm³/mol. The van der Waals surface area contributed by atoms with Gasteiger partial charge in [-0.2, -0.15) is 0 Å². The molecule has 0 aliphatic carbocycles. The Bertz CT molecular complexity index is 462. The molecule has 3 heteroatoms. The third-order valence-electron chi connectivity index (χ3n) is 3.23. The molecule has 0 bridgehead atoms. The quantitative estimate of drug-likeness (QED) is 0.761. The van der Waals surface area contributed by atoms with Crippen molar-refractivity contribution < 1.29 is 4.79 Å². The SMILES string of the molecule is Cc1ccc(/C=C/C(=O)N2CCCCC2)c(Br)c1. The van der Waals surface area contributed by atoms with Crippen LogP contribution in [0.15, 0.2) is 28.7 Å². The Labute approximate surface area is 117 Å². The van der Waals surface area contributed by atoms with E-state index in [0.29, 0.717) is 0 Å². The van der Waals surface area contributed by atoms with E-state index in [0.717, 1.165) is 36.0 Å². The minimum atomic E-state index is 0.127. The maximum Gasteiger partial charge on any atom is 0.246 e. The van der Waals surface area contributed by atoms with Crippen molar-refractivity contribution in [1.29, 1.82) is 0 Å². The summed E-state index contributed by atoms with van der Waals surface area (Å²) in [5.74, 6) is 0.127. The van der Waals surface area contributed by atoms with Crippen LogP contribution in [0.2, 0.25) is 0 Å². The van der Waals surface area contributed by atoms with Gasteiger partial charge in [0.25, 0.3) is 0 Å². The molecule has 0 atom stereocenters. The van der Waals surface area contributed by atoms with Crippen molar-refractivity contribution >= 4 is 27.9 Å². The molecular formula is C15H18BrNO. The van der Waals surface area contributed by atoms with Crippen molar-refractivity contribution in [2.75, 3.05) is 13.1 Å². The number of carbonyl (C=O) groups is 1. The maximum atomic E-state index is 12.0. The third-order valence-corrected chi connectivity index (χ3v) is 3.92.